The number of carboxylic acids is 1. The molecule has 0 bridgehead atoms. The molecule has 1 saturated heterocycles. The highest BCUT2D eigenvalue weighted by Crippen LogP contribution is 2.13. The number of carboxylic acid groups (broad SMARTS) is 1. The lowest BCUT2D eigenvalue weighted by Crippen LogP contribution is -2.36. The Hall–Kier alpha value is -1.36. The molecule has 1 amide bonds. The van der Waals surface area contributed by atoms with Crippen LogP contribution in [0, 0.1) is 0 Å². The van der Waals surface area contributed by atoms with Crippen LogP contribution in [-0.2, 0) is 14.3 Å². The quantitative estimate of drug-likeness (QED) is 0.700. The van der Waals surface area contributed by atoms with E-state index in [1.165, 1.54) is 0 Å². The summed E-state index contributed by atoms with van der Waals surface area (Å²) in [6.07, 6.45) is 4.04. The van der Waals surface area contributed by atoms with E-state index in [-0.39, 0.29) is 12.0 Å². The summed E-state index contributed by atoms with van der Waals surface area (Å²) in [5.41, 5.74) is 0. The number of likely N-dealkylation sites (N-methyl/N-ethyl adjacent to an activating group) is 1. The van der Waals surface area contributed by atoms with E-state index in [9.17, 15) is 9.59 Å². The molecule has 1 rings (SSSR count). The number of ether oxygens (including phenoxy) is 1. The van der Waals surface area contributed by atoms with E-state index in [0.29, 0.717) is 13.1 Å². The van der Waals surface area contributed by atoms with Gasteiger partial charge < -0.3 is 14.7 Å². The number of rotatable bonds is 5. The van der Waals surface area contributed by atoms with Crippen LogP contribution in [0.1, 0.15) is 19.8 Å². The van der Waals surface area contributed by atoms with Gasteiger partial charge in [-0.15, -0.1) is 0 Å². The number of nitrogens with zero attached hydrogens (tertiary/aromatic N) is 1. The third-order valence-corrected chi connectivity index (χ3v) is 2.51. The van der Waals surface area contributed by atoms with Crippen LogP contribution in [-0.4, -0.2) is 47.7 Å². The van der Waals surface area contributed by atoms with Crippen molar-refractivity contribution < 1.29 is 19.4 Å². The highest BCUT2D eigenvalue weighted by atomic mass is 16.5. The zero-order chi connectivity index (χ0) is 12.0. The van der Waals surface area contributed by atoms with Crippen molar-refractivity contribution in [1.82, 2.24) is 4.90 Å². The van der Waals surface area contributed by atoms with E-state index < -0.39 is 5.97 Å². The molecule has 0 aromatic heterocycles. The van der Waals surface area contributed by atoms with Gasteiger partial charge in [0.2, 0.25) is 5.91 Å². The smallest absolute Gasteiger partial charge is 0.328 e. The molecule has 0 aromatic rings. The van der Waals surface area contributed by atoms with Crippen LogP contribution in [0.25, 0.3) is 0 Å². The normalized spacial score (nSPS) is 20.2. The highest BCUT2D eigenvalue weighted by molar-refractivity contribution is 5.93. The zero-order valence-electron chi connectivity index (χ0n) is 9.39. The van der Waals surface area contributed by atoms with Crippen molar-refractivity contribution in [3.05, 3.63) is 12.2 Å². The van der Waals surface area contributed by atoms with Gasteiger partial charge in [0.25, 0.3) is 0 Å². The Labute approximate surface area is 94.7 Å². The van der Waals surface area contributed by atoms with E-state index >= 15 is 0 Å². The third kappa shape index (κ3) is 4.02. The van der Waals surface area contributed by atoms with Crippen molar-refractivity contribution in [2.24, 2.45) is 0 Å². The van der Waals surface area contributed by atoms with Gasteiger partial charge in [-0.2, -0.15) is 0 Å². The summed E-state index contributed by atoms with van der Waals surface area (Å²) >= 11 is 0. The second-order valence-electron chi connectivity index (χ2n) is 3.68. The Morgan fingerprint density at radius 1 is 1.50 bits per heavy atom. The molecule has 1 atom stereocenters. The largest absolute Gasteiger partial charge is 0.478 e. The molecule has 1 aliphatic heterocycles. The molecule has 0 radical (unpaired) electrons. The number of amides is 1. The lowest BCUT2D eigenvalue weighted by atomic mass is 10.2. The van der Waals surface area contributed by atoms with Crippen molar-refractivity contribution in [2.75, 3.05) is 19.7 Å². The molecule has 0 aromatic carbocycles. The maximum absolute atomic E-state index is 11.6. The SMILES string of the molecule is CCN(CC1CCCO1)C(=O)C=CC(=O)O. The molecule has 1 fully saturated rings. The van der Waals surface area contributed by atoms with Gasteiger partial charge in [0.1, 0.15) is 0 Å². The van der Waals surface area contributed by atoms with E-state index in [1.54, 1.807) is 4.90 Å². The fourth-order valence-electron chi connectivity index (χ4n) is 1.66. The molecule has 0 aliphatic carbocycles. The summed E-state index contributed by atoms with van der Waals surface area (Å²) < 4.78 is 5.43. The molecule has 1 N–H and O–H groups in total. The molecule has 1 aliphatic rings. The minimum atomic E-state index is -1.11. The van der Waals surface area contributed by atoms with Gasteiger partial charge in [-0.3, -0.25) is 4.79 Å². The van der Waals surface area contributed by atoms with Crippen LogP contribution in [0.2, 0.25) is 0 Å². The van der Waals surface area contributed by atoms with Gasteiger partial charge in [0.05, 0.1) is 6.10 Å². The Balaban J connectivity index is 2.45. The van der Waals surface area contributed by atoms with E-state index in [2.05, 4.69) is 0 Å². The highest BCUT2D eigenvalue weighted by Gasteiger charge is 2.20. The summed E-state index contributed by atoms with van der Waals surface area (Å²) in [5.74, 6) is -1.39. The lowest BCUT2D eigenvalue weighted by molar-refractivity contribution is -0.132. The van der Waals surface area contributed by atoms with E-state index in [0.717, 1.165) is 31.6 Å². The van der Waals surface area contributed by atoms with E-state index in [4.69, 9.17) is 9.84 Å². The first-order valence-electron chi connectivity index (χ1n) is 5.45. The predicted octanol–water partition coefficient (Wildman–Crippen LogP) is 0.655. The van der Waals surface area contributed by atoms with Gasteiger partial charge in [-0.1, -0.05) is 0 Å². The Morgan fingerprint density at radius 3 is 2.75 bits per heavy atom. The van der Waals surface area contributed by atoms with Crippen molar-refractivity contribution in [3.63, 3.8) is 0 Å². The van der Waals surface area contributed by atoms with Gasteiger partial charge >= 0.3 is 5.97 Å². The fraction of sp³-hybridized carbons (Fsp3) is 0.636. The van der Waals surface area contributed by atoms with E-state index in [1.807, 2.05) is 6.92 Å². The molecule has 16 heavy (non-hydrogen) atoms. The first-order chi connectivity index (χ1) is 7.63. The number of hydrogen-bond acceptors (Lipinski definition) is 3. The van der Waals surface area contributed by atoms with Crippen molar-refractivity contribution in [1.29, 1.82) is 0 Å². The minimum absolute atomic E-state index is 0.0992. The second-order valence-corrected chi connectivity index (χ2v) is 3.68. The van der Waals surface area contributed by atoms with Crippen LogP contribution in [0.5, 0.6) is 0 Å². The second kappa shape index (κ2) is 6.27. The number of carbonyl (C=O) groups is 2. The van der Waals surface area contributed by atoms with Gasteiger partial charge in [-0.25, -0.2) is 4.79 Å². The summed E-state index contributed by atoms with van der Waals surface area (Å²) in [4.78, 5) is 23.5. The Bertz CT molecular complexity index is 282. The average Bonchev–Trinajstić information content (AvgIpc) is 2.75. The van der Waals surface area contributed by atoms with Crippen molar-refractivity contribution >= 4 is 11.9 Å². The summed E-state index contributed by atoms with van der Waals surface area (Å²) in [6.45, 7) is 3.71. The fourth-order valence-corrected chi connectivity index (χ4v) is 1.66. The average molecular weight is 227 g/mol. The molecule has 0 saturated carbocycles. The molecule has 5 nitrogen and oxygen atoms in total. The molecule has 5 heteroatoms. The lowest BCUT2D eigenvalue weighted by Gasteiger charge is -2.22. The summed E-state index contributed by atoms with van der Waals surface area (Å²) in [7, 11) is 0. The predicted molar refractivity (Wildman–Crippen MR) is 58.0 cm³/mol. The monoisotopic (exact) mass is 227 g/mol. The standard InChI is InChI=1S/C11H17NO4/c1-2-12(8-9-4-3-7-16-9)10(13)5-6-11(14)15/h5-6,9H,2-4,7-8H2,1H3,(H,14,15). The van der Waals surface area contributed by atoms with Crippen molar-refractivity contribution in [3.8, 4) is 0 Å². The van der Waals surface area contributed by atoms with Crippen LogP contribution in [0.15, 0.2) is 12.2 Å². The Kier molecular flexibility index (Phi) is 4.98. The molecule has 1 unspecified atom stereocenters. The zero-order valence-corrected chi connectivity index (χ0v) is 9.39. The van der Waals surface area contributed by atoms with Crippen molar-refractivity contribution in [2.45, 2.75) is 25.9 Å². The van der Waals surface area contributed by atoms with Gasteiger partial charge in [0.15, 0.2) is 0 Å². The number of aliphatic carboxylic acids is 1. The first kappa shape index (κ1) is 12.7. The number of carbonyl (C=O) groups excluding carboxylic acids is 1. The maximum atomic E-state index is 11.6. The van der Waals surface area contributed by atoms with Crippen LogP contribution in [0.4, 0.5) is 0 Å². The Morgan fingerprint density at radius 2 is 2.25 bits per heavy atom. The van der Waals surface area contributed by atoms with Gasteiger partial charge in [0, 0.05) is 31.8 Å². The molecule has 90 valence electrons. The first-order valence-corrected chi connectivity index (χ1v) is 5.45. The maximum Gasteiger partial charge on any atom is 0.328 e. The topological polar surface area (TPSA) is 66.8 Å². The molecule has 0 spiro atoms. The van der Waals surface area contributed by atoms with Crippen LogP contribution < -0.4 is 0 Å². The molecular formula is C11H17NO4. The third-order valence-electron chi connectivity index (χ3n) is 2.51. The van der Waals surface area contributed by atoms with Crippen LogP contribution >= 0.6 is 0 Å². The summed E-state index contributed by atoms with van der Waals surface area (Å²) in [5, 5.41) is 8.42. The molecule has 1 heterocycles. The van der Waals surface area contributed by atoms with Gasteiger partial charge in [-0.05, 0) is 19.8 Å². The number of hydrogen-bond donors (Lipinski definition) is 1. The molecular weight excluding hydrogens is 210 g/mol. The minimum Gasteiger partial charge on any atom is -0.478 e. The summed E-state index contributed by atoms with van der Waals surface area (Å²) in [6, 6.07) is 0. The van der Waals surface area contributed by atoms with Crippen LogP contribution in [0.3, 0.4) is 0 Å².